The number of hydrogen-bond acceptors (Lipinski definition) is 4. The molecule has 8 aromatic carbocycles. The van der Waals surface area contributed by atoms with Crippen molar-refractivity contribution < 1.29 is 0 Å². The van der Waals surface area contributed by atoms with Crippen molar-refractivity contribution in [3.8, 4) is 56.4 Å². The lowest BCUT2D eigenvalue weighted by Crippen LogP contribution is -2.28. The summed E-state index contributed by atoms with van der Waals surface area (Å²) in [7, 11) is 0. The molecule has 0 saturated heterocycles. The molecular weight excluding hydrogens is 699 g/mol. The van der Waals surface area contributed by atoms with Crippen LogP contribution in [0.4, 0.5) is 0 Å². The van der Waals surface area contributed by atoms with Crippen molar-refractivity contribution in [3.63, 3.8) is 0 Å². The lowest BCUT2D eigenvalue weighted by Gasteiger charge is -2.34. The van der Waals surface area contributed by atoms with E-state index in [4.69, 9.17) is 15.0 Å². The standard InChI is InChI=1S/C52H33N3S/c1-4-15-34(16-5-1)36-19-14-20-37(31-36)50-53-49(35-17-6-2-7-18-35)54-51(55-50)38-27-29-47-43(32-38)44-33-40(28-30-48(44)56-47)52(39-21-8-3-9-22-39)45-25-12-10-23-41(45)42-24-11-13-26-46(42)52/h1-33H. The second-order valence-electron chi connectivity index (χ2n) is 14.4. The van der Waals surface area contributed by atoms with E-state index in [1.54, 1.807) is 0 Å². The number of hydrogen-bond donors (Lipinski definition) is 0. The van der Waals surface area contributed by atoms with Crippen molar-refractivity contribution in [1.82, 2.24) is 15.0 Å². The molecular formula is C52H33N3S. The molecule has 0 atom stereocenters. The molecule has 0 unspecified atom stereocenters. The summed E-state index contributed by atoms with van der Waals surface area (Å²) in [6, 6.07) is 71.7. The van der Waals surface area contributed by atoms with Gasteiger partial charge in [0, 0.05) is 36.9 Å². The monoisotopic (exact) mass is 731 g/mol. The predicted molar refractivity (Wildman–Crippen MR) is 232 cm³/mol. The Morgan fingerprint density at radius 3 is 1.46 bits per heavy atom. The fourth-order valence-electron chi connectivity index (χ4n) is 8.68. The summed E-state index contributed by atoms with van der Waals surface area (Å²) >= 11 is 1.83. The lowest BCUT2D eigenvalue weighted by atomic mass is 9.67. The van der Waals surface area contributed by atoms with Crippen LogP contribution in [0.5, 0.6) is 0 Å². The Hall–Kier alpha value is -7.01. The number of benzene rings is 8. The van der Waals surface area contributed by atoms with E-state index in [1.165, 1.54) is 53.6 Å². The van der Waals surface area contributed by atoms with E-state index in [0.29, 0.717) is 17.5 Å². The molecule has 4 heteroatoms. The van der Waals surface area contributed by atoms with Gasteiger partial charge in [-0.05, 0) is 80.9 Å². The maximum atomic E-state index is 5.17. The van der Waals surface area contributed by atoms with Crippen molar-refractivity contribution in [2.75, 3.05) is 0 Å². The molecule has 10 aromatic rings. The van der Waals surface area contributed by atoms with Crippen molar-refractivity contribution in [2.45, 2.75) is 5.41 Å². The zero-order chi connectivity index (χ0) is 37.1. The molecule has 0 bridgehead atoms. The summed E-state index contributed by atoms with van der Waals surface area (Å²) in [6.45, 7) is 0. The Morgan fingerprint density at radius 2 is 0.804 bits per heavy atom. The minimum Gasteiger partial charge on any atom is -0.208 e. The van der Waals surface area contributed by atoms with Crippen LogP contribution < -0.4 is 0 Å². The van der Waals surface area contributed by atoms with E-state index >= 15 is 0 Å². The van der Waals surface area contributed by atoms with Crippen LogP contribution in [0.25, 0.3) is 76.6 Å². The third-order valence-corrected chi connectivity index (χ3v) is 12.4. The summed E-state index contributed by atoms with van der Waals surface area (Å²) in [6.07, 6.45) is 0. The first-order valence-electron chi connectivity index (χ1n) is 18.9. The number of rotatable bonds is 6. The van der Waals surface area contributed by atoms with E-state index < -0.39 is 5.41 Å². The molecule has 2 aromatic heterocycles. The zero-order valence-electron chi connectivity index (χ0n) is 30.3. The second kappa shape index (κ2) is 13.1. The molecule has 0 spiro atoms. The Labute approximate surface area is 329 Å². The fraction of sp³-hybridized carbons (Fsp3) is 0.0192. The first kappa shape index (κ1) is 32.4. The van der Waals surface area contributed by atoms with Gasteiger partial charge in [0.2, 0.25) is 0 Å². The van der Waals surface area contributed by atoms with Crippen LogP contribution >= 0.6 is 11.3 Å². The van der Waals surface area contributed by atoms with Gasteiger partial charge in [0.15, 0.2) is 17.5 Å². The molecule has 0 fully saturated rings. The van der Waals surface area contributed by atoms with Crippen LogP contribution in [0.1, 0.15) is 22.3 Å². The number of fused-ring (bicyclic) bond motifs is 6. The highest BCUT2D eigenvalue weighted by Gasteiger charge is 2.45. The van der Waals surface area contributed by atoms with Gasteiger partial charge >= 0.3 is 0 Å². The Bertz CT molecular complexity index is 3030. The molecule has 1 aliphatic rings. The van der Waals surface area contributed by atoms with Gasteiger partial charge in [-0.2, -0.15) is 0 Å². The molecule has 0 amide bonds. The van der Waals surface area contributed by atoms with E-state index in [1.807, 2.05) is 35.6 Å². The topological polar surface area (TPSA) is 38.7 Å². The summed E-state index contributed by atoms with van der Waals surface area (Å²) in [4.78, 5) is 15.3. The quantitative estimate of drug-likeness (QED) is 0.171. The normalized spacial score (nSPS) is 12.8. The molecule has 2 heterocycles. The zero-order valence-corrected chi connectivity index (χ0v) is 31.1. The first-order chi connectivity index (χ1) is 27.7. The largest absolute Gasteiger partial charge is 0.208 e. The van der Waals surface area contributed by atoms with E-state index in [0.717, 1.165) is 27.8 Å². The van der Waals surface area contributed by atoms with Crippen molar-refractivity contribution in [1.29, 1.82) is 0 Å². The molecule has 1 aliphatic carbocycles. The third kappa shape index (κ3) is 5.14. The van der Waals surface area contributed by atoms with Crippen molar-refractivity contribution in [3.05, 3.63) is 222 Å². The fourth-order valence-corrected chi connectivity index (χ4v) is 9.75. The summed E-state index contributed by atoms with van der Waals surface area (Å²) in [5.74, 6) is 1.94. The van der Waals surface area contributed by atoms with Crippen LogP contribution in [0.15, 0.2) is 200 Å². The predicted octanol–water partition coefficient (Wildman–Crippen LogP) is 13.3. The molecule has 3 nitrogen and oxygen atoms in total. The van der Waals surface area contributed by atoms with Crippen LogP contribution in [0.3, 0.4) is 0 Å². The molecule has 0 saturated carbocycles. The minimum atomic E-state index is -0.462. The first-order valence-corrected chi connectivity index (χ1v) is 19.8. The van der Waals surface area contributed by atoms with Crippen LogP contribution in [-0.4, -0.2) is 15.0 Å². The van der Waals surface area contributed by atoms with E-state index in [-0.39, 0.29) is 0 Å². The van der Waals surface area contributed by atoms with Crippen LogP contribution in [0.2, 0.25) is 0 Å². The average molecular weight is 732 g/mol. The number of aromatic nitrogens is 3. The van der Waals surface area contributed by atoms with Crippen molar-refractivity contribution in [2.24, 2.45) is 0 Å². The highest BCUT2D eigenvalue weighted by Crippen LogP contribution is 2.56. The molecule has 56 heavy (non-hydrogen) atoms. The number of nitrogens with zero attached hydrogens (tertiary/aromatic N) is 3. The van der Waals surface area contributed by atoms with Gasteiger partial charge in [-0.15, -0.1) is 11.3 Å². The third-order valence-electron chi connectivity index (χ3n) is 11.2. The summed E-state index contributed by atoms with van der Waals surface area (Å²) in [5, 5.41) is 2.43. The second-order valence-corrected chi connectivity index (χ2v) is 15.4. The average Bonchev–Trinajstić information content (AvgIpc) is 3.80. The van der Waals surface area contributed by atoms with E-state index in [9.17, 15) is 0 Å². The highest BCUT2D eigenvalue weighted by atomic mass is 32.1. The van der Waals surface area contributed by atoms with Gasteiger partial charge in [-0.3, -0.25) is 0 Å². The number of thiophene rings is 1. The van der Waals surface area contributed by atoms with Gasteiger partial charge in [0.1, 0.15) is 0 Å². The van der Waals surface area contributed by atoms with Gasteiger partial charge in [0.25, 0.3) is 0 Å². The summed E-state index contributed by atoms with van der Waals surface area (Å²) in [5.41, 5.74) is 12.4. The molecule has 0 radical (unpaired) electrons. The van der Waals surface area contributed by atoms with Crippen LogP contribution in [0, 0.1) is 0 Å². The summed E-state index contributed by atoms with van der Waals surface area (Å²) < 4.78 is 2.48. The van der Waals surface area contributed by atoms with Gasteiger partial charge in [-0.1, -0.05) is 164 Å². The van der Waals surface area contributed by atoms with Crippen molar-refractivity contribution >= 4 is 31.5 Å². The smallest absolute Gasteiger partial charge is 0.164 e. The Morgan fingerprint density at radius 1 is 0.321 bits per heavy atom. The highest BCUT2D eigenvalue weighted by molar-refractivity contribution is 7.25. The maximum absolute atomic E-state index is 5.17. The Kier molecular flexibility index (Phi) is 7.58. The SMILES string of the molecule is c1ccc(-c2cccc(-c3nc(-c4ccccc4)nc(-c4ccc5sc6ccc(C7(c8ccccc8)c8ccccc8-c8ccccc87)cc6c5c4)n3)c2)cc1. The maximum Gasteiger partial charge on any atom is 0.164 e. The van der Waals surface area contributed by atoms with Gasteiger partial charge < -0.3 is 0 Å². The lowest BCUT2D eigenvalue weighted by molar-refractivity contribution is 0.770. The van der Waals surface area contributed by atoms with E-state index in [2.05, 4.69) is 176 Å². The molecule has 0 aliphatic heterocycles. The molecule has 262 valence electrons. The minimum absolute atomic E-state index is 0.462. The Balaban J connectivity index is 1.10. The molecule has 0 N–H and O–H groups in total. The van der Waals surface area contributed by atoms with Crippen LogP contribution in [-0.2, 0) is 5.41 Å². The molecule has 11 rings (SSSR count). The van der Waals surface area contributed by atoms with Gasteiger partial charge in [0.05, 0.1) is 5.41 Å². The van der Waals surface area contributed by atoms with Gasteiger partial charge in [-0.25, -0.2) is 15.0 Å².